The van der Waals surface area contributed by atoms with Crippen LogP contribution in [0.1, 0.15) is 24.0 Å². The summed E-state index contributed by atoms with van der Waals surface area (Å²) in [5.74, 6) is 1.47. The fraction of sp³-hybridized carbons (Fsp3) is 0.533. The van der Waals surface area contributed by atoms with Gasteiger partial charge >= 0.3 is 0 Å². The van der Waals surface area contributed by atoms with Gasteiger partial charge in [0, 0.05) is 30.8 Å². The van der Waals surface area contributed by atoms with E-state index in [1.807, 2.05) is 18.2 Å². The Kier molecular flexibility index (Phi) is 5.34. The zero-order chi connectivity index (χ0) is 14.5. The van der Waals surface area contributed by atoms with Gasteiger partial charge in [0.05, 0.1) is 7.11 Å². The zero-order valence-electron chi connectivity index (χ0n) is 11.8. The van der Waals surface area contributed by atoms with Crippen LogP contribution in [-0.4, -0.2) is 41.8 Å². The van der Waals surface area contributed by atoms with Gasteiger partial charge in [0.25, 0.3) is 0 Å². The van der Waals surface area contributed by atoms with Crippen molar-refractivity contribution in [2.45, 2.75) is 19.4 Å². The van der Waals surface area contributed by atoms with E-state index in [1.54, 1.807) is 7.11 Å². The molecule has 1 aromatic carbocycles. The van der Waals surface area contributed by atoms with E-state index in [1.165, 1.54) is 0 Å². The molecule has 0 amide bonds. The summed E-state index contributed by atoms with van der Waals surface area (Å²) in [6.07, 6.45) is 2.04. The molecule has 1 unspecified atom stereocenters. The van der Waals surface area contributed by atoms with Gasteiger partial charge in [0.15, 0.2) is 0 Å². The number of aliphatic hydroxyl groups excluding tert-OH is 1. The lowest BCUT2D eigenvalue weighted by Gasteiger charge is -2.18. The first-order valence-electron chi connectivity index (χ1n) is 6.94. The molecule has 0 radical (unpaired) electrons. The number of nitrogens with two attached hydrogens (primary N) is 1. The number of methoxy groups -OCH3 is 1. The summed E-state index contributed by atoms with van der Waals surface area (Å²) in [4.78, 5) is 2.80. The van der Waals surface area contributed by atoms with Gasteiger partial charge in [-0.1, -0.05) is 12.2 Å². The molecule has 0 spiro atoms. The summed E-state index contributed by atoms with van der Waals surface area (Å²) in [5, 5.41) is 9.02. The third kappa shape index (κ3) is 3.69. The van der Waals surface area contributed by atoms with Crippen LogP contribution in [0.2, 0.25) is 0 Å². The Morgan fingerprint density at radius 3 is 3.00 bits per heavy atom. The van der Waals surface area contributed by atoms with Crippen molar-refractivity contribution in [1.29, 1.82) is 0 Å². The molecular weight excluding hydrogens is 272 g/mol. The average Bonchev–Trinajstić information content (AvgIpc) is 2.86. The van der Waals surface area contributed by atoms with E-state index in [0.717, 1.165) is 49.4 Å². The summed E-state index contributed by atoms with van der Waals surface area (Å²) in [5.41, 5.74) is 7.68. The number of ether oxygens (including phenoxy) is 1. The fourth-order valence-corrected chi connectivity index (χ4v) is 2.90. The second kappa shape index (κ2) is 7.02. The highest BCUT2D eigenvalue weighted by Gasteiger charge is 2.22. The Hall–Kier alpha value is -1.17. The third-order valence-corrected chi connectivity index (χ3v) is 4.10. The fourth-order valence-electron chi connectivity index (χ4n) is 2.77. The summed E-state index contributed by atoms with van der Waals surface area (Å²) in [6.45, 7) is 3.20. The highest BCUT2D eigenvalue weighted by atomic mass is 32.1. The molecule has 3 N–H and O–H groups in total. The molecule has 0 aliphatic carbocycles. The molecule has 1 heterocycles. The SMILES string of the molecule is COc1ccc(C(N)=S)cc1CN1CCC(CCO)C1. The maximum absolute atomic E-state index is 9.02. The third-order valence-electron chi connectivity index (χ3n) is 3.87. The van der Waals surface area contributed by atoms with Crippen molar-refractivity contribution in [1.82, 2.24) is 4.90 Å². The van der Waals surface area contributed by atoms with Crippen LogP contribution in [0.4, 0.5) is 0 Å². The van der Waals surface area contributed by atoms with Gasteiger partial charge in [-0.25, -0.2) is 0 Å². The molecule has 0 saturated carbocycles. The summed E-state index contributed by atoms with van der Waals surface area (Å²) < 4.78 is 5.41. The minimum atomic E-state index is 0.277. The van der Waals surface area contributed by atoms with E-state index in [0.29, 0.717) is 10.9 Å². The van der Waals surface area contributed by atoms with Crippen molar-refractivity contribution in [3.05, 3.63) is 29.3 Å². The van der Waals surface area contributed by atoms with Crippen molar-refractivity contribution in [3.8, 4) is 5.75 Å². The maximum Gasteiger partial charge on any atom is 0.123 e. The van der Waals surface area contributed by atoms with Crippen molar-refractivity contribution in [2.75, 3.05) is 26.8 Å². The molecule has 1 atom stereocenters. The molecule has 20 heavy (non-hydrogen) atoms. The number of benzene rings is 1. The minimum Gasteiger partial charge on any atom is -0.496 e. The Balaban J connectivity index is 2.08. The maximum atomic E-state index is 9.02. The molecule has 1 fully saturated rings. The second-order valence-electron chi connectivity index (χ2n) is 5.29. The van der Waals surface area contributed by atoms with Crippen LogP contribution >= 0.6 is 12.2 Å². The molecule has 110 valence electrons. The van der Waals surface area contributed by atoms with Crippen LogP contribution in [0.15, 0.2) is 18.2 Å². The Bertz CT molecular complexity index is 479. The predicted molar refractivity (Wildman–Crippen MR) is 84.0 cm³/mol. The van der Waals surface area contributed by atoms with Gasteiger partial charge in [0.2, 0.25) is 0 Å². The molecule has 1 aliphatic rings. The number of thiocarbonyl (C=S) groups is 1. The number of rotatable bonds is 6. The second-order valence-corrected chi connectivity index (χ2v) is 5.73. The van der Waals surface area contributed by atoms with Crippen LogP contribution in [0.3, 0.4) is 0 Å². The van der Waals surface area contributed by atoms with Crippen molar-refractivity contribution in [3.63, 3.8) is 0 Å². The standard InChI is InChI=1S/C15H22N2O2S/c1-19-14-3-2-12(15(16)20)8-13(14)10-17-6-4-11(9-17)5-7-18/h2-3,8,11,18H,4-7,9-10H2,1H3,(H2,16,20). The predicted octanol–water partition coefficient (Wildman–Crippen LogP) is 1.53. The molecule has 2 rings (SSSR count). The van der Waals surface area contributed by atoms with Crippen LogP contribution in [0.25, 0.3) is 0 Å². The Morgan fingerprint density at radius 2 is 2.35 bits per heavy atom. The molecule has 1 aliphatic heterocycles. The Morgan fingerprint density at radius 1 is 1.55 bits per heavy atom. The van der Waals surface area contributed by atoms with E-state index in [2.05, 4.69) is 4.90 Å². The number of nitrogens with zero attached hydrogens (tertiary/aromatic N) is 1. The lowest BCUT2D eigenvalue weighted by Crippen LogP contribution is -2.21. The van der Waals surface area contributed by atoms with E-state index >= 15 is 0 Å². The van der Waals surface area contributed by atoms with E-state index in [9.17, 15) is 0 Å². The molecular formula is C15H22N2O2S. The zero-order valence-corrected chi connectivity index (χ0v) is 12.7. The van der Waals surface area contributed by atoms with Crippen LogP contribution in [0.5, 0.6) is 5.75 Å². The quantitative estimate of drug-likeness (QED) is 0.779. The first-order valence-corrected chi connectivity index (χ1v) is 7.34. The molecule has 0 bridgehead atoms. The van der Waals surface area contributed by atoms with Crippen molar-refractivity contribution >= 4 is 17.2 Å². The summed E-state index contributed by atoms with van der Waals surface area (Å²) in [7, 11) is 1.68. The van der Waals surface area contributed by atoms with Gasteiger partial charge in [-0.05, 0) is 43.5 Å². The normalized spacial score (nSPS) is 19.2. The first-order chi connectivity index (χ1) is 9.63. The van der Waals surface area contributed by atoms with Crippen LogP contribution < -0.4 is 10.5 Å². The first kappa shape index (κ1) is 15.2. The molecule has 1 aromatic rings. The summed E-state index contributed by atoms with van der Waals surface area (Å²) in [6, 6.07) is 5.83. The largest absolute Gasteiger partial charge is 0.496 e. The monoisotopic (exact) mass is 294 g/mol. The summed E-state index contributed by atoms with van der Waals surface area (Å²) >= 11 is 5.03. The van der Waals surface area contributed by atoms with Gasteiger partial charge in [-0.15, -0.1) is 0 Å². The highest BCUT2D eigenvalue weighted by molar-refractivity contribution is 7.80. The van der Waals surface area contributed by atoms with Crippen LogP contribution in [0, 0.1) is 5.92 Å². The molecule has 0 aromatic heterocycles. The highest BCUT2D eigenvalue weighted by Crippen LogP contribution is 2.26. The number of likely N-dealkylation sites (tertiary alicyclic amines) is 1. The van der Waals surface area contributed by atoms with E-state index in [4.69, 9.17) is 27.8 Å². The van der Waals surface area contributed by atoms with Gasteiger partial charge in [-0.2, -0.15) is 0 Å². The topological polar surface area (TPSA) is 58.7 Å². The van der Waals surface area contributed by atoms with Gasteiger partial charge in [-0.3, -0.25) is 4.90 Å². The Labute approximate surface area is 125 Å². The van der Waals surface area contributed by atoms with Crippen LogP contribution in [-0.2, 0) is 6.54 Å². The van der Waals surface area contributed by atoms with Gasteiger partial charge < -0.3 is 15.6 Å². The number of aliphatic hydroxyl groups is 1. The molecule has 4 nitrogen and oxygen atoms in total. The van der Waals surface area contributed by atoms with Crippen molar-refractivity contribution in [2.24, 2.45) is 11.7 Å². The lowest BCUT2D eigenvalue weighted by molar-refractivity contribution is 0.248. The molecule has 1 saturated heterocycles. The molecule has 5 heteroatoms. The average molecular weight is 294 g/mol. The van der Waals surface area contributed by atoms with E-state index < -0.39 is 0 Å². The van der Waals surface area contributed by atoms with E-state index in [-0.39, 0.29) is 6.61 Å². The minimum absolute atomic E-state index is 0.277. The lowest BCUT2D eigenvalue weighted by atomic mass is 10.1. The number of hydrogen-bond acceptors (Lipinski definition) is 4. The smallest absolute Gasteiger partial charge is 0.123 e. The van der Waals surface area contributed by atoms with Gasteiger partial charge in [0.1, 0.15) is 10.7 Å². The number of hydrogen-bond donors (Lipinski definition) is 2. The van der Waals surface area contributed by atoms with Crippen molar-refractivity contribution < 1.29 is 9.84 Å².